The predicted molar refractivity (Wildman–Crippen MR) is 166 cm³/mol. The van der Waals surface area contributed by atoms with Gasteiger partial charge in [-0.1, -0.05) is 42.0 Å². The Bertz CT molecular complexity index is 1660. The summed E-state index contributed by atoms with van der Waals surface area (Å²) in [6.07, 6.45) is 1.84. The second kappa shape index (κ2) is 10.6. The molecule has 0 saturated carbocycles. The van der Waals surface area contributed by atoms with Crippen molar-refractivity contribution in [2.75, 3.05) is 4.90 Å². The average Bonchev–Trinajstić information content (AvgIpc) is 3.46. The fraction of sp³-hybridized carbons (Fsp3) is 0.176. The second-order valence-corrected chi connectivity index (χ2v) is 10.7. The predicted octanol–water partition coefficient (Wildman–Crippen LogP) is 8.08. The summed E-state index contributed by atoms with van der Waals surface area (Å²) in [5.74, 6) is 1.64. The molecule has 6 rings (SSSR count). The van der Waals surface area contributed by atoms with Crippen LogP contribution < -0.4 is 15.0 Å². The highest BCUT2D eigenvalue weighted by Gasteiger charge is 2.42. The van der Waals surface area contributed by atoms with Crippen LogP contribution in [0.2, 0.25) is 0 Å². The van der Waals surface area contributed by atoms with Gasteiger partial charge in [0.15, 0.2) is 5.11 Å². The normalized spacial score (nSPS) is 16.7. The van der Waals surface area contributed by atoms with Crippen molar-refractivity contribution in [2.24, 2.45) is 0 Å². The molecule has 0 aliphatic carbocycles. The van der Waals surface area contributed by atoms with Crippen molar-refractivity contribution in [2.45, 2.75) is 39.8 Å². The van der Waals surface area contributed by atoms with Gasteiger partial charge in [-0.25, -0.2) is 0 Å². The molecule has 3 heterocycles. The van der Waals surface area contributed by atoms with Crippen LogP contribution in [0, 0.1) is 27.7 Å². The van der Waals surface area contributed by atoms with Gasteiger partial charge in [0.25, 0.3) is 0 Å². The quantitative estimate of drug-likeness (QED) is 0.219. The minimum Gasteiger partial charge on any atom is -0.457 e. The first-order chi connectivity index (χ1) is 19.4. The summed E-state index contributed by atoms with van der Waals surface area (Å²) >= 11 is 5.97. The highest BCUT2D eigenvalue weighted by atomic mass is 32.1. The molecule has 6 heteroatoms. The van der Waals surface area contributed by atoms with E-state index in [1.54, 1.807) is 0 Å². The maximum atomic E-state index is 6.17. The van der Waals surface area contributed by atoms with Gasteiger partial charge in [0.1, 0.15) is 11.5 Å². The highest BCUT2D eigenvalue weighted by molar-refractivity contribution is 7.80. The first-order valence-corrected chi connectivity index (χ1v) is 13.9. The van der Waals surface area contributed by atoms with E-state index in [2.05, 4.69) is 84.1 Å². The van der Waals surface area contributed by atoms with Gasteiger partial charge in [0.2, 0.25) is 0 Å². The molecule has 1 saturated heterocycles. The van der Waals surface area contributed by atoms with E-state index in [4.69, 9.17) is 21.9 Å². The monoisotopic (exact) mass is 544 g/mol. The van der Waals surface area contributed by atoms with E-state index in [9.17, 15) is 0 Å². The number of nitrogens with one attached hydrogen (secondary N) is 1. The van der Waals surface area contributed by atoms with Crippen molar-refractivity contribution < 1.29 is 4.74 Å². The van der Waals surface area contributed by atoms with Gasteiger partial charge in [0.05, 0.1) is 17.8 Å². The third kappa shape index (κ3) is 4.75. The van der Waals surface area contributed by atoms with E-state index < -0.39 is 0 Å². The number of ether oxygens (including phenoxy) is 1. The molecular weight excluding hydrogens is 512 g/mol. The number of aromatic nitrogens is 2. The summed E-state index contributed by atoms with van der Waals surface area (Å²) in [5.41, 5.74) is 9.02. The molecule has 0 radical (unpaired) electrons. The Morgan fingerprint density at radius 3 is 2.20 bits per heavy atom. The van der Waals surface area contributed by atoms with Crippen LogP contribution in [-0.2, 0) is 0 Å². The van der Waals surface area contributed by atoms with Crippen molar-refractivity contribution in [3.8, 4) is 17.2 Å². The number of hydrogen-bond donors (Lipinski definition) is 1. The Morgan fingerprint density at radius 2 is 1.50 bits per heavy atom. The van der Waals surface area contributed by atoms with E-state index in [-0.39, 0.29) is 12.1 Å². The van der Waals surface area contributed by atoms with E-state index in [1.807, 2.05) is 61.7 Å². The minimum absolute atomic E-state index is 0.0871. The Morgan fingerprint density at radius 1 is 0.800 bits per heavy atom. The zero-order chi connectivity index (χ0) is 27.8. The molecular formula is C34H32N4OS. The van der Waals surface area contributed by atoms with E-state index in [0.717, 1.165) is 34.1 Å². The molecule has 3 aromatic carbocycles. The maximum absolute atomic E-state index is 6.17. The molecule has 0 bridgehead atoms. The summed E-state index contributed by atoms with van der Waals surface area (Å²) < 4.78 is 8.49. The lowest BCUT2D eigenvalue weighted by molar-refractivity contribution is 0.479. The van der Waals surface area contributed by atoms with Gasteiger partial charge in [-0.2, -0.15) is 0 Å². The molecule has 0 amide bonds. The third-order valence-corrected chi connectivity index (χ3v) is 7.93. The minimum atomic E-state index is -0.108. The van der Waals surface area contributed by atoms with Crippen LogP contribution in [0.4, 0.5) is 5.69 Å². The number of para-hydroxylation sites is 1. The van der Waals surface area contributed by atoms with Crippen molar-refractivity contribution in [3.63, 3.8) is 0 Å². The molecule has 0 spiro atoms. The van der Waals surface area contributed by atoms with E-state index in [0.29, 0.717) is 5.11 Å². The molecule has 1 N–H and O–H groups in total. The Hall–Kier alpha value is -4.42. The number of thiocarbonyl (C=S) groups is 1. The molecule has 1 aliphatic heterocycles. The average molecular weight is 545 g/mol. The number of hydrogen-bond acceptors (Lipinski definition) is 3. The number of rotatable bonds is 6. The molecule has 40 heavy (non-hydrogen) atoms. The smallest absolute Gasteiger partial charge is 0.174 e. The largest absolute Gasteiger partial charge is 0.457 e. The third-order valence-electron chi connectivity index (χ3n) is 7.62. The Kier molecular flexibility index (Phi) is 6.86. The van der Waals surface area contributed by atoms with Crippen molar-refractivity contribution in [3.05, 3.63) is 137 Å². The number of benzene rings is 3. The van der Waals surface area contributed by atoms with Crippen LogP contribution in [-0.4, -0.2) is 14.7 Å². The molecule has 1 fully saturated rings. The molecule has 2 atom stereocenters. The van der Waals surface area contributed by atoms with Crippen LogP contribution in [0.3, 0.4) is 0 Å². The second-order valence-electron chi connectivity index (χ2n) is 10.4. The molecule has 5 aromatic rings. The standard InChI is InChI=1S/C34H32N4OS/c1-22-12-14-26(15-13-22)37-24(3)21-29(25(37)4)33-32(30-10-7-8-20-35-30)36-34(40)38(33)27-16-18-28(19-17-27)39-31-11-6-5-9-23(31)2/h5-21,32-33H,1-4H3,(H,36,40)/t32-,33-/m1/s1. The Balaban J connectivity index is 1.41. The van der Waals surface area contributed by atoms with Gasteiger partial charge >= 0.3 is 0 Å². The van der Waals surface area contributed by atoms with Gasteiger partial charge < -0.3 is 19.5 Å². The lowest BCUT2D eigenvalue weighted by Gasteiger charge is -2.28. The first-order valence-electron chi connectivity index (χ1n) is 13.5. The summed E-state index contributed by atoms with van der Waals surface area (Å²) in [7, 11) is 0. The molecule has 200 valence electrons. The first kappa shape index (κ1) is 25.8. The summed E-state index contributed by atoms with van der Waals surface area (Å²) in [6.45, 7) is 8.51. The van der Waals surface area contributed by atoms with Crippen LogP contribution in [0.25, 0.3) is 5.69 Å². The highest BCUT2D eigenvalue weighted by Crippen LogP contribution is 2.44. The molecule has 1 aliphatic rings. The fourth-order valence-electron chi connectivity index (χ4n) is 5.60. The van der Waals surface area contributed by atoms with Crippen LogP contribution in [0.15, 0.2) is 103 Å². The lowest BCUT2D eigenvalue weighted by atomic mass is 9.96. The molecule has 5 nitrogen and oxygen atoms in total. The summed E-state index contributed by atoms with van der Waals surface area (Å²) in [4.78, 5) is 6.94. The van der Waals surface area contributed by atoms with Gasteiger partial charge in [-0.15, -0.1) is 0 Å². The number of anilines is 1. The summed E-state index contributed by atoms with van der Waals surface area (Å²) in [5, 5.41) is 4.26. The zero-order valence-electron chi connectivity index (χ0n) is 23.1. The van der Waals surface area contributed by atoms with Gasteiger partial charge in [-0.3, -0.25) is 4.98 Å². The summed E-state index contributed by atoms with van der Waals surface area (Å²) in [6, 6.07) is 33.0. The van der Waals surface area contributed by atoms with Gasteiger partial charge in [0, 0.05) is 29.0 Å². The SMILES string of the molecule is Cc1ccc(-n2c(C)cc([C@@H]3[C@@H](c4ccccn4)NC(=S)N3c3ccc(Oc4ccccc4C)cc3)c2C)cc1. The van der Waals surface area contributed by atoms with Crippen molar-refractivity contribution in [1.29, 1.82) is 0 Å². The molecule has 0 unspecified atom stereocenters. The number of nitrogens with zero attached hydrogens (tertiary/aromatic N) is 3. The van der Waals surface area contributed by atoms with E-state index >= 15 is 0 Å². The van der Waals surface area contributed by atoms with Crippen LogP contribution >= 0.6 is 12.2 Å². The van der Waals surface area contributed by atoms with Crippen LogP contribution in [0.1, 0.15) is 45.9 Å². The van der Waals surface area contributed by atoms with Crippen LogP contribution in [0.5, 0.6) is 11.5 Å². The fourth-order valence-corrected chi connectivity index (χ4v) is 5.95. The molecule has 2 aromatic heterocycles. The number of pyridine rings is 1. The van der Waals surface area contributed by atoms with Gasteiger partial charge in [-0.05, 0) is 112 Å². The Labute approximate surface area is 241 Å². The topological polar surface area (TPSA) is 42.3 Å². The van der Waals surface area contributed by atoms with E-state index in [1.165, 1.54) is 22.5 Å². The van der Waals surface area contributed by atoms with Crippen molar-refractivity contribution >= 4 is 23.0 Å². The lowest BCUT2D eigenvalue weighted by Crippen LogP contribution is -2.29. The number of aryl methyl sites for hydroxylation is 3. The van der Waals surface area contributed by atoms with Crippen molar-refractivity contribution in [1.82, 2.24) is 14.9 Å². The maximum Gasteiger partial charge on any atom is 0.174 e. The zero-order valence-corrected chi connectivity index (χ0v) is 23.9.